The molecular formula is C19H28S. The molecule has 0 heterocycles. The lowest BCUT2D eigenvalue weighted by Crippen LogP contribution is -2.01. The summed E-state index contributed by atoms with van der Waals surface area (Å²) < 4.78 is 0. The van der Waals surface area contributed by atoms with Crippen LogP contribution in [0.15, 0.2) is 57.9 Å². The van der Waals surface area contributed by atoms with Crippen molar-refractivity contribution < 1.29 is 0 Å². The van der Waals surface area contributed by atoms with Crippen LogP contribution in [0.2, 0.25) is 0 Å². The molecule has 0 aromatic heterocycles. The van der Waals surface area contributed by atoms with Crippen LogP contribution in [0.4, 0.5) is 0 Å². The minimum absolute atomic E-state index is 0.760. The highest BCUT2D eigenvalue weighted by atomic mass is 32.2. The highest BCUT2D eigenvalue weighted by Crippen LogP contribution is 2.27. The van der Waals surface area contributed by atoms with Crippen LogP contribution < -0.4 is 0 Å². The van der Waals surface area contributed by atoms with Gasteiger partial charge in [0.15, 0.2) is 0 Å². The Morgan fingerprint density at radius 1 is 1.00 bits per heavy atom. The smallest absolute Gasteiger partial charge is 0.0118 e. The molecule has 0 aliphatic rings. The van der Waals surface area contributed by atoms with E-state index in [-0.39, 0.29) is 0 Å². The Morgan fingerprint density at radius 3 is 2.15 bits per heavy atom. The molecule has 0 radical (unpaired) electrons. The molecule has 1 aromatic carbocycles. The molecule has 1 aromatic rings. The first-order valence-electron chi connectivity index (χ1n) is 7.75. The van der Waals surface area contributed by atoms with E-state index in [9.17, 15) is 0 Å². The lowest BCUT2D eigenvalue weighted by atomic mass is 9.91. The first-order valence-corrected chi connectivity index (χ1v) is 8.57. The maximum Gasteiger partial charge on any atom is 0.0118 e. The van der Waals surface area contributed by atoms with E-state index in [1.807, 2.05) is 11.8 Å². The molecule has 0 saturated carbocycles. The van der Waals surface area contributed by atoms with E-state index in [1.165, 1.54) is 41.1 Å². The Kier molecular flexibility index (Phi) is 8.45. The third kappa shape index (κ3) is 6.47. The molecule has 0 nitrogen and oxygen atoms in total. The summed E-state index contributed by atoms with van der Waals surface area (Å²) in [6.45, 7) is 9.04. The maximum atomic E-state index is 2.32. The van der Waals surface area contributed by atoms with Gasteiger partial charge in [0.2, 0.25) is 0 Å². The fraction of sp³-hybridized carbons (Fsp3) is 0.474. The molecule has 0 saturated heterocycles. The van der Waals surface area contributed by atoms with Crippen molar-refractivity contribution in [1.82, 2.24) is 0 Å². The summed E-state index contributed by atoms with van der Waals surface area (Å²) in [5, 5.41) is 0. The zero-order valence-electron chi connectivity index (χ0n) is 13.4. The van der Waals surface area contributed by atoms with E-state index in [2.05, 4.69) is 70.2 Å². The molecule has 0 aliphatic carbocycles. The van der Waals surface area contributed by atoms with Gasteiger partial charge in [-0.25, -0.2) is 0 Å². The van der Waals surface area contributed by atoms with Crippen molar-refractivity contribution in [3.05, 3.63) is 53.0 Å². The largest absolute Gasteiger partial charge is 0.0949 e. The second-order valence-electron chi connectivity index (χ2n) is 5.38. The van der Waals surface area contributed by atoms with Crippen LogP contribution in [0.3, 0.4) is 0 Å². The van der Waals surface area contributed by atoms with Gasteiger partial charge in [-0.3, -0.25) is 0 Å². The van der Waals surface area contributed by atoms with Crippen molar-refractivity contribution in [2.45, 2.75) is 58.3 Å². The summed E-state index contributed by atoms with van der Waals surface area (Å²) in [6.07, 6.45) is 9.77. The van der Waals surface area contributed by atoms with Gasteiger partial charge < -0.3 is 0 Å². The molecular weight excluding hydrogens is 260 g/mol. The first kappa shape index (κ1) is 17.1. The third-order valence-electron chi connectivity index (χ3n) is 3.52. The predicted octanol–water partition coefficient (Wildman–Crippen LogP) is 6.85. The second-order valence-corrected chi connectivity index (χ2v) is 6.70. The summed E-state index contributed by atoms with van der Waals surface area (Å²) in [5.41, 5.74) is 1.53. The molecule has 20 heavy (non-hydrogen) atoms. The normalized spacial score (nSPS) is 13.1. The van der Waals surface area contributed by atoms with E-state index < -0.39 is 0 Å². The van der Waals surface area contributed by atoms with Crippen LogP contribution >= 0.6 is 11.8 Å². The van der Waals surface area contributed by atoms with Crippen molar-refractivity contribution >= 4 is 11.8 Å². The van der Waals surface area contributed by atoms with Crippen molar-refractivity contribution in [3.8, 4) is 0 Å². The Bertz CT molecular complexity index is 422. The number of thioether (sulfide) groups is 1. The Hall–Kier alpha value is -0.950. The number of benzene rings is 1. The molecule has 0 spiro atoms. The summed E-state index contributed by atoms with van der Waals surface area (Å²) in [4.78, 5) is 2.66. The van der Waals surface area contributed by atoms with Crippen LogP contribution in [0.1, 0.15) is 53.4 Å². The quantitative estimate of drug-likeness (QED) is 0.372. The van der Waals surface area contributed by atoms with Gasteiger partial charge in [-0.2, -0.15) is 0 Å². The Balaban J connectivity index is 2.64. The van der Waals surface area contributed by atoms with Gasteiger partial charge in [-0.15, -0.1) is 0 Å². The predicted molar refractivity (Wildman–Crippen MR) is 93.1 cm³/mol. The van der Waals surface area contributed by atoms with Gasteiger partial charge in [0.25, 0.3) is 0 Å². The van der Waals surface area contributed by atoms with Gasteiger partial charge in [-0.05, 0) is 49.6 Å². The van der Waals surface area contributed by atoms with Gasteiger partial charge in [0, 0.05) is 4.90 Å². The van der Waals surface area contributed by atoms with Crippen LogP contribution in [0, 0.1) is 5.92 Å². The minimum atomic E-state index is 0.760. The number of rotatable bonds is 8. The van der Waals surface area contributed by atoms with Crippen LogP contribution in [0.5, 0.6) is 0 Å². The van der Waals surface area contributed by atoms with Crippen molar-refractivity contribution in [1.29, 1.82) is 0 Å². The van der Waals surface area contributed by atoms with Crippen LogP contribution in [0.25, 0.3) is 0 Å². The summed E-state index contributed by atoms with van der Waals surface area (Å²) in [7, 11) is 0. The van der Waals surface area contributed by atoms with Crippen molar-refractivity contribution in [2.75, 3.05) is 0 Å². The van der Waals surface area contributed by atoms with E-state index in [0.29, 0.717) is 0 Å². The summed E-state index contributed by atoms with van der Waals surface area (Å²) >= 11 is 1.84. The molecule has 0 atom stereocenters. The number of allylic oxidation sites excluding steroid dienone is 4. The fourth-order valence-electron chi connectivity index (χ4n) is 2.39. The van der Waals surface area contributed by atoms with E-state index in [4.69, 9.17) is 0 Å². The number of hydrogen-bond acceptors (Lipinski definition) is 1. The molecule has 0 N–H and O–H groups in total. The van der Waals surface area contributed by atoms with E-state index in [1.54, 1.807) is 0 Å². The van der Waals surface area contributed by atoms with Crippen molar-refractivity contribution in [3.63, 3.8) is 0 Å². The average molecular weight is 288 g/mol. The average Bonchev–Trinajstić information content (AvgIpc) is 2.45. The molecule has 1 rings (SSSR count). The van der Waals surface area contributed by atoms with Gasteiger partial charge >= 0.3 is 0 Å². The highest BCUT2D eigenvalue weighted by Gasteiger charge is 2.07. The molecule has 0 fully saturated rings. The number of hydrogen-bond donors (Lipinski definition) is 0. The second kappa shape index (κ2) is 9.88. The van der Waals surface area contributed by atoms with E-state index >= 15 is 0 Å². The molecule has 0 aliphatic heterocycles. The maximum absolute atomic E-state index is 2.32. The summed E-state index contributed by atoms with van der Waals surface area (Å²) in [6, 6.07) is 10.6. The fourth-order valence-corrected chi connectivity index (χ4v) is 3.19. The van der Waals surface area contributed by atoms with Gasteiger partial charge in [-0.1, -0.05) is 74.4 Å². The van der Waals surface area contributed by atoms with Crippen LogP contribution in [-0.4, -0.2) is 0 Å². The molecule has 0 amide bonds. The lowest BCUT2D eigenvalue weighted by Gasteiger charge is -2.15. The monoisotopic (exact) mass is 288 g/mol. The standard InChI is InChI=1S/C19H28S/c1-5-10-18(11-6-2)16(3)14-15-17(4)20-19-12-8-7-9-13-19/h7-9,12-15,18H,5-6,10-11H2,1-4H3/b16-14+,17-15+. The lowest BCUT2D eigenvalue weighted by molar-refractivity contribution is 0.504. The molecule has 0 unspecified atom stereocenters. The Morgan fingerprint density at radius 2 is 1.60 bits per heavy atom. The summed E-state index contributed by atoms with van der Waals surface area (Å²) in [5.74, 6) is 0.760. The topological polar surface area (TPSA) is 0 Å². The third-order valence-corrected chi connectivity index (χ3v) is 4.49. The zero-order valence-corrected chi connectivity index (χ0v) is 14.2. The minimum Gasteiger partial charge on any atom is -0.0949 e. The van der Waals surface area contributed by atoms with Gasteiger partial charge in [0.1, 0.15) is 0 Å². The van der Waals surface area contributed by atoms with E-state index in [0.717, 1.165) is 5.92 Å². The first-order chi connectivity index (χ1) is 9.67. The molecule has 1 heteroatoms. The van der Waals surface area contributed by atoms with Gasteiger partial charge in [0.05, 0.1) is 0 Å². The molecule has 110 valence electrons. The highest BCUT2D eigenvalue weighted by molar-refractivity contribution is 8.03. The molecule has 0 bridgehead atoms. The van der Waals surface area contributed by atoms with Crippen LogP contribution in [-0.2, 0) is 0 Å². The zero-order chi connectivity index (χ0) is 14.8. The van der Waals surface area contributed by atoms with Crippen molar-refractivity contribution in [2.24, 2.45) is 5.92 Å². The SMILES string of the molecule is CCCC(CCC)/C(C)=C/C=C(\C)Sc1ccccc1. The Labute approximate surface area is 129 Å².